The van der Waals surface area contributed by atoms with Crippen LogP contribution in [-0.4, -0.2) is 29.2 Å². The van der Waals surface area contributed by atoms with Crippen LogP contribution < -0.4 is 5.32 Å². The molecule has 1 unspecified atom stereocenters. The predicted molar refractivity (Wildman–Crippen MR) is 140 cm³/mol. The Morgan fingerprint density at radius 3 is 2.33 bits per heavy atom. The monoisotopic (exact) mass is 575 g/mol. The Kier molecular flexibility index (Phi) is 7.85. The topological polar surface area (TPSA) is 56.2 Å². The maximum absolute atomic E-state index is 13.3. The molecule has 1 amide bonds. The molecule has 0 bridgehead atoms. The van der Waals surface area contributed by atoms with Gasteiger partial charge in [0.05, 0.1) is 16.8 Å². The number of amides is 1. The Labute approximate surface area is 220 Å². The van der Waals surface area contributed by atoms with Crippen molar-refractivity contribution in [1.82, 2.24) is 4.90 Å². The molecule has 3 aromatic rings. The first-order valence-electron chi connectivity index (χ1n) is 11.2. The van der Waals surface area contributed by atoms with Crippen LogP contribution in [0.4, 0.5) is 18.9 Å². The van der Waals surface area contributed by atoms with Crippen LogP contribution in [0.25, 0.3) is 5.70 Å². The Morgan fingerprint density at radius 2 is 1.67 bits per heavy atom. The lowest BCUT2D eigenvalue weighted by atomic mass is 10.0. The molecule has 1 heterocycles. The molecule has 0 aromatic heterocycles. The number of benzene rings is 3. The molecule has 186 valence electrons. The largest absolute Gasteiger partial charge is 0.432 e. The van der Waals surface area contributed by atoms with Crippen LogP contribution in [0.1, 0.15) is 40.4 Å². The first kappa shape index (κ1) is 26.0. The van der Waals surface area contributed by atoms with E-state index in [-0.39, 0.29) is 17.6 Å². The SMILES string of the molecule is N=C(/C=C(\Nc1ccccc1Cl)c1ccc(C(=O)N2CCCC2c2ccccc2Br)cc1)C(F)(F)F. The summed E-state index contributed by atoms with van der Waals surface area (Å²) in [6, 6.07) is 20.7. The number of carbonyl (C=O) groups excluding carboxylic acids is 1. The number of para-hydroxylation sites is 1. The zero-order valence-electron chi connectivity index (χ0n) is 18.9. The summed E-state index contributed by atoms with van der Waals surface area (Å²) in [6.07, 6.45) is -2.37. The Balaban J connectivity index is 1.61. The highest BCUT2D eigenvalue weighted by atomic mass is 79.9. The minimum atomic E-state index is -4.81. The lowest BCUT2D eigenvalue weighted by Gasteiger charge is -2.26. The second-order valence-corrected chi connectivity index (χ2v) is 9.59. The van der Waals surface area contributed by atoms with E-state index < -0.39 is 11.9 Å². The summed E-state index contributed by atoms with van der Waals surface area (Å²) >= 11 is 9.75. The van der Waals surface area contributed by atoms with Gasteiger partial charge in [-0.05, 0) is 60.4 Å². The van der Waals surface area contributed by atoms with Gasteiger partial charge in [0.2, 0.25) is 0 Å². The van der Waals surface area contributed by atoms with E-state index in [1.807, 2.05) is 29.2 Å². The van der Waals surface area contributed by atoms with Crippen molar-refractivity contribution in [2.45, 2.75) is 25.1 Å². The van der Waals surface area contributed by atoms with E-state index in [9.17, 15) is 18.0 Å². The second-order valence-electron chi connectivity index (χ2n) is 8.33. The molecule has 1 fully saturated rings. The molecule has 3 aromatic carbocycles. The fourth-order valence-corrected chi connectivity index (χ4v) is 4.89. The Hall–Kier alpha value is -3.10. The van der Waals surface area contributed by atoms with E-state index >= 15 is 0 Å². The third-order valence-electron chi connectivity index (χ3n) is 5.96. The van der Waals surface area contributed by atoms with E-state index in [1.165, 1.54) is 0 Å². The first-order chi connectivity index (χ1) is 17.1. The standard InChI is InChI=1S/C27H22BrClF3N3O/c28-20-7-2-1-6-19(20)24-10-5-15-35(24)26(36)18-13-11-17(12-14-18)23(16-25(33)27(30,31)32)34-22-9-4-3-8-21(22)29/h1-4,6-9,11-14,16,24,33-34H,5,10,15H2/b23-16-,33-25?. The molecule has 1 atom stereocenters. The normalized spacial score (nSPS) is 16.2. The summed E-state index contributed by atoms with van der Waals surface area (Å²) < 4.78 is 40.3. The molecule has 0 radical (unpaired) electrons. The third-order valence-corrected chi connectivity index (χ3v) is 7.01. The highest BCUT2D eigenvalue weighted by Crippen LogP contribution is 2.37. The van der Waals surface area contributed by atoms with E-state index in [4.69, 9.17) is 17.0 Å². The van der Waals surface area contributed by atoms with Gasteiger partial charge >= 0.3 is 6.18 Å². The highest BCUT2D eigenvalue weighted by molar-refractivity contribution is 9.10. The quantitative estimate of drug-likeness (QED) is 0.291. The van der Waals surface area contributed by atoms with Crippen LogP contribution in [-0.2, 0) is 0 Å². The number of likely N-dealkylation sites (tertiary alicyclic amines) is 1. The molecule has 2 N–H and O–H groups in total. The minimum Gasteiger partial charge on any atom is -0.354 e. The van der Waals surface area contributed by atoms with Crippen molar-refractivity contribution in [1.29, 1.82) is 5.41 Å². The molecule has 1 saturated heterocycles. The number of halogens is 5. The van der Waals surface area contributed by atoms with E-state index in [2.05, 4.69) is 21.2 Å². The van der Waals surface area contributed by atoms with Gasteiger partial charge in [-0.15, -0.1) is 0 Å². The van der Waals surface area contributed by atoms with Crippen molar-refractivity contribution in [2.75, 3.05) is 11.9 Å². The summed E-state index contributed by atoms with van der Waals surface area (Å²) in [6.45, 7) is 0.620. The minimum absolute atomic E-state index is 0.0386. The molecular weight excluding hydrogens is 555 g/mol. The average Bonchev–Trinajstić information content (AvgIpc) is 3.34. The number of nitrogens with one attached hydrogen (secondary N) is 2. The number of anilines is 1. The molecule has 1 aliphatic rings. The van der Waals surface area contributed by atoms with Gasteiger partial charge in [0.25, 0.3) is 5.91 Å². The molecule has 4 nitrogen and oxygen atoms in total. The number of allylic oxidation sites excluding steroid dienone is 1. The van der Waals surface area contributed by atoms with Gasteiger partial charge in [0, 0.05) is 22.3 Å². The number of carbonyl (C=O) groups is 1. The van der Waals surface area contributed by atoms with Crippen molar-refractivity contribution in [3.05, 3.63) is 105 Å². The van der Waals surface area contributed by atoms with Gasteiger partial charge in [-0.1, -0.05) is 70.0 Å². The number of hydrogen-bond donors (Lipinski definition) is 2. The number of alkyl halides is 3. The predicted octanol–water partition coefficient (Wildman–Crippen LogP) is 8.11. The van der Waals surface area contributed by atoms with Gasteiger partial charge in [0.15, 0.2) is 0 Å². The summed E-state index contributed by atoms with van der Waals surface area (Å²) in [5.74, 6) is -0.146. The third kappa shape index (κ3) is 5.82. The van der Waals surface area contributed by atoms with E-state index in [0.717, 1.165) is 22.9 Å². The molecule has 0 aliphatic carbocycles. The molecule has 4 rings (SSSR count). The fraction of sp³-hybridized carbons (Fsp3) is 0.185. The number of rotatable bonds is 6. The zero-order chi connectivity index (χ0) is 25.9. The summed E-state index contributed by atoms with van der Waals surface area (Å²) in [4.78, 5) is 15.2. The number of hydrogen-bond acceptors (Lipinski definition) is 3. The van der Waals surface area contributed by atoms with Crippen LogP contribution in [0.3, 0.4) is 0 Å². The van der Waals surface area contributed by atoms with Crippen molar-refractivity contribution >= 4 is 50.5 Å². The van der Waals surface area contributed by atoms with Crippen molar-refractivity contribution in [3.8, 4) is 0 Å². The summed E-state index contributed by atoms with van der Waals surface area (Å²) in [5.41, 5.74) is 0.779. The molecule has 1 aliphatic heterocycles. The average molecular weight is 577 g/mol. The van der Waals surface area contributed by atoms with E-state index in [0.29, 0.717) is 34.5 Å². The molecule has 0 spiro atoms. The fourth-order valence-electron chi connectivity index (χ4n) is 4.16. The smallest absolute Gasteiger partial charge is 0.354 e. The summed E-state index contributed by atoms with van der Waals surface area (Å²) in [5, 5.41) is 10.7. The summed E-state index contributed by atoms with van der Waals surface area (Å²) in [7, 11) is 0. The molecule has 9 heteroatoms. The van der Waals surface area contributed by atoms with Crippen molar-refractivity contribution in [3.63, 3.8) is 0 Å². The Bertz CT molecular complexity index is 1310. The maximum atomic E-state index is 13.3. The van der Waals surface area contributed by atoms with Crippen LogP contribution in [0.15, 0.2) is 83.3 Å². The molecule has 36 heavy (non-hydrogen) atoms. The molecule has 0 saturated carbocycles. The second kappa shape index (κ2) is 10.9. The van der Waals surface area contributed by atoms with Gasteiger partial charge in [-0.25, -0.2) is 0 Å². The van der Waals surface area contributed by atoms with Crippen molar-refractivity contribution < 1.29 is 18.0 Å². The van der Waals surface area contributed by atoms with Crippen molar-refractivity contribution in [2.24, 2.45) is 0 Å². The van der Waals surface area contributed by atoms with Gasteiger partial charge < -0.3 is 10.2 Å². The Morgan fingerprint density at radius 1 is 1.03 bits per heavy atom. The first-order valence-corrected chi connectivity index (χ1v) is 12.4. The van der Waals surface area contributed by atoms with Gasteiger partial charge in [-0.2, -0.15) is 13.2 Å². The lowest BCUT2D eigenvalue weighted by molar-refractivity contribution is -0.0583. The number of nitrogens with zero attached hydrogens (tertiary/aromatic N) is 1. The zero-order valence-corrected chi connectivity index (χ0v) is 21.3. The van der Waals surface area contributed by atoms with Gasteiger partial charge in [0.1, 0.15) is 5.71 Å². The highest BCUT2D eigenvalue weighted by Gasteiger charge is 2.34. The van der Waals surface area contributed by atoms with Crippen LogP contribution >= 0.6 is 27.5 Å². The molecular formula is C27H22BrClF3N3O. The van der Waals surface area contributed by atoms with E-state index in [1.54, 1.807) is 48.5 Å². The van der Waals surface area contributed by atoms with Gasteiger partial charge in [-0.3, -0.25) is 10.2 Å². The maximum Gasteiger partial charge on any atom is 0.432 e. The van der Waals surface area contributed by atoms with Crippen LogP contribution in [0, 0.1) is 5.41 Å². The lowest BCUT2D eigenvalue weighted by Crippen LogP contribution is -2.30. The van der Waals surface area contributed by atoms with Crippen LogP contribution in [0.5, 0.6) is 0 Å². The van der Waals surface area contributed by atoms with Crippen LogP contribution in [0.2, 0.25) is 5.02 Å².